The van der Waals surface area contributed by atoms with Gasteiger partial charge in [-0.25, -0.2) is 15.0 Å². The smallest absolute Gasteiger partial charge is 0.134 e. The first-order valence-corrected chi connectivity index (χ1v) is 7.20. The Labute approximate surface area is 124 Å². The summed E-state index contributed by atoms with van der Waals surface area (Å²) < 4.78 is 0. The molecule has 1 aliphatic rings. The van der Waals surface area contributed by atoms with Crippen LogP contribution in [0.5, 0.6) is 0 Å². The van der Waals surface area contributed by atoms with Crippen molar-refractivity contribution in [2.24, 2.45) is 0 Å². The van der Waals surface area contributed by atoms with Gasteiger partial charge in [-0.05, 0) is 19.1 Å². The molecular weight excluding hydrogens is 264 g/mol. The summed E-state index contributed by atoms with van der Waals surface area (Å²) >= 11 is 0. The van der Waals surface area contributed by atoms with E-state index >= 15 is 0 Å². The number of aromatic nitrogens is 3. The van der Waals surface area contributed by atoms with Gasteiger partial charge in [0.2, 0.25) is 0 Å². The van der Waals surface area contributed by atoms with Crippen LogP contribution in [-0.4, -0.2) is 48.2 Å². The van der Waals surface area contributed by atoms with Gasteiger partial charge in [0, 0.05) is 45.5 Å². The molecule has 3 rings (SSSR count). The molecular formula is C15H20N6. The Hall–Kier alpha value is -2.37. The highest BCUT2D eigenvalue weighted by Gasteiger charge is 2.19. The largest absolute Gasteiger partial charge is 0.373 e. The lowest BCUT2D eigenvalue weighted by molar-refractivity contribution is 0.640. The summed E-state index contributed by atoms with van der Waals surface area (Å²) in [7, 11) is 1.88. The lowest BCUT2D eigenvalue weighted by Gasteiger charge is -2.36. The van der Waals surface area contributed by atoms with Crippen LogP contribution in [0.2, 0.25) is 0 Å². The van der Waals surface area contributed by atoms with Crippen LogP contribution < -0.4 is 15.1 Å². The number of rotatable bonds is 3. The van der Waals surface area contributed by atoms with Gasteiger partial charge in [0.15, 0.2) is 0 Å². The van der Waals surface area contributed by atoms with E-state index in [1.165, 1.54) is 0 Å². The predicted octanol–water partition coefficient (Wildman–Crippen LogP) is 1.55. The molecule has 6 heteroatoms. The third-order valence-corrected chi connectivity index (χ3v) is 3.66. The number of anilines is 3. The van der Waals surface area contributed by atoms with Crippen LogP contribution in [0.15, 0.2) is 30.5 Å². The van der Waals surface area contributed by atoms with Crippen molar-refractivity contribution in [1.82, 2.24) is 15.0 Å². The molecule has 0 bridgehead atoms. The van der Waals surface area contributed by atoms with Gasteiger partial charge in [-0.2, -0.15) is 0 Å². The van der Waals surface area contributed by atoms with Crippen molar-refractivity contribution >= 4 is 17.5 Å². The first-order chi connectivity index (χ1) is 10.3. The number of nitrogens with zero attached hydrogens (tertiary/aromatic N) is 5. The minimum atomic E-state index is 0.795. The van der Waals surface area contributed by atoms with Gasteiger partial charge in [0.05, 0.1) is 0 Å². The van der Waals surface area contributed by atoms with Gasteiger partial charge in [-0.3, -0.25) is 0 Å². The summed E-state index contributed by atoms with van der Waals surface area (Å²) in [6, 6.07) is 8.04. The molecule has 1 fully saturated rings. The topological polar surface area (TPSA) is 57.2 Å². The van der Waals surface area contributed by atoms with E-state index in [0.29, 0.717) is 0 Å². The average molecular weight is 284 g/mol. The third-order valence-electron chi connectivity index (χ3n) is 3.66. The van der Waals surface area contributed by atoms with Gasteiger partial charge >= 0.3 is 0 Å². The summed E-state index contributed by atoms with van der Waals surface area (Å²) in [5.74, 6) is 3.70. The minimum Gasteiger partial charge on any atom is -0.373 e. The van der Waals surface area contributed by atoms with E-state index in [1.807, 2.05) is 38.4 Å². The van der Waals surface area contributed by atoms with Crippen molar-refractivity contribution < 1.29 is 0 Å². The Morgan fingerprint density at radius 3 is 2.33 bits per heavy atom. The molecule has 110 valence electrons. The molecule has 21 heavy (non-hydrogen) atoms. The molecule has 0 spiro atoms. The van der Waals surface area contributed by atoms with Crippen molar-refractivity contribution in [1.29, 1.82) is 0 Å². The molecule has 0 saturated carbocycles. The van der Waals surface area contributed by atoms with E-state index in [1.54, 1.807) is 0 Å². The molecule has 2 aromatic heterocycles. The highest BCUT2D eigenvalue weighted by Crippen LogP contribution is 2.19. The number of pyridine rings is 1. The zero-order valence-electron chi connectivity index (χ0n) is 12.5. The van der Waals surface area contributed by atoms with Crippen LogP contribution in [0.4, 0.5) is 17.5 Å². The quantitative estimate of drug-likeness (QED) is 0.923. The van der Waals surface area contributed by atoms with Gasteiger partial charge in [-0.1, -0.05) is 6.07 Å². The van der Waals surface area contributed by atoms with Crippen molar-refractivity contribution in [3.8, 4) is 0 Å². The summed E-state index contributed by atoms with van der Waals surface area (Å²) in [4.78, 5) is 17.9. The molecule has 0 aliphatic carbocycles. The zero-order chi connectivity index (χ0) is 14.7. The van der Waals surface area contributed by atoms with Crippen molar-refractivity contribution in [3.63, 3.8) is 0 Å². The molecule has 1 aliphatic heterocycles. The molecule has 2 aromatic rings. The molecule has 1 saturated heterocycles. The molecule has 0 radical (unpaired) electrons. The fourth-order valence-electron chi connectivity index (χ4n) is 2.55. The maximum Gasteiger partial charge on any atom is 0.134 e. The highest BCUT2D eigenvalue weighted by atomic mass is 15.3. The Balaban J connectivity index is 1.70. The number of aryl methyl sites for hydroxylation is 1. The molecule has 6 nitrogen and oxygen atoms in total. The van der Waals surface area contributed by atoms with Crippen LogP contribution in [0.1, 0.15) is 5.82 Å². The van der Waals surface area contributed by atoms with E-state index in [-0.39, 0.29) is 0 Å². The minimum absolute atomic E-state index is 0.795. The number of hydrogen-bond acceptors (Lipinski definition) is 6. The molecule has 1 N–H and O–H groups in total. The first-order valence-electron chi connectivity index (χ1n) is 7.20. The second-order valence-corrected chi connectivity index (χ2v) is 5.07. The van der Waals surface area contributed by atoms with Gasteiger partial charge in [0.1, 0.15) is 23.3 Å². The SMILES string of the molecule is CNc1cc(N2CCN(c3ccccn3)CC2)nc(C)n1. The summed E-state index contributed by atoms with van der Waals surface area (Å²) in [5.41, 5.74) is 0. The molecule has 0 aromatic carbocycles. The summed E-state index contributed by atoms with van der Waals surface area (Å²) in [6.45, 7) is 5.71. The summed E-state index contributed by atoms with van der Waals surface area (Å²) in [6.07, 6.45) is 1.84. The van der Waals surface area contributed by atoms with Crippen molar-refractivity contribution in [2.45, 2.75) is 6.92 Å². The molecule has 3 heterocycles. The second-order valence-electron chi connectivity index (χ2n) is 5.07. The van der Waals surface area contributed by atoms with Crippen LogP contribution in [0.3, 0.4) is 0 Å². The highest BCUT2D eigenvalue weighted by molar-refractivity contribution is 5.51. The number of piperazine rings is 1. The zero-order valence-corrected chi connectivity index (χ0v) is 12.5. The number of nitrogens with one attached hydrogen (secondary N) is 1. The lowest BCUT2D eigenvalue weighted by atomic mass is 10.3. The Morgan fingerprint density at radius 1 is 1.00 bits per heavy atom. The fraction of sp³-hybridized carbons (Fsp3) is 0.400. The van der Waals surface area contributed by atoms with Crippen molar-refractivity contribution in [2.75, 3.05) is 48.3 Å². The van der Waals surface area contributed by atoms with Crippen LogP contribution >= 0.6 is 0 Å². The van der Waals surface area contributed by atoms with Gasteiger partial charge < -0.3 is 15.1 Å². The van der Waals surface area contributed by atoms with Gasteiger partial charge in [-0.15, -0.1) is 0 Å². The summed E-state index contributed by atoms with van der Waals surface area (Å²) in [5, 5.41) is 3.08. The normalized spacial score (nSPS) is 15.1. The maximum absolute atomic E-state index is 4.54. The Bertz CT molecular complexity index is 592. The first kappa shape index (κ1) is 13.6. The van der Waals surface area contributed by atoms with E-state index in [9.17, 15) is 0 Å². The monoisotopic (exact) mass is 284 g/mol. The molecule has 0 atom stereocenters. The Kier molecular flexibility index (Phi) is 3.85. The van der Waals surface area contributed by atoms with E-state index in [0.717, 1.165) is 49.5 Å². The van der Waals surface area contributed by atoms with Crippen LogP contribution in [-0.2, 0) is 0 Å². The molecule has 0 unspecified atom stereocenters. The average Bonchev–Trinajstić information content (AvgIpc) is 2.55. The standard InChI is InChI=1S/C15H20N6/c1-12-18-13(16-2)11-15(19-12)21-9-7-20(8-10-21)14-5-3-4-6-17-14/h3-6,11H,7-10H2,1-2H3,(H,16,18,19). The fourth-order valence-corrected chi connectivity index (χ4v) is 2.55. The van der Waals surface area contributed by atoms with Crippen LogP contribution in [0, 0.1) is 6.92 Å². The van der Waals surface area contributed by atoms with Crippen LogP contribution in [0.25, 0.3) is 0 Å². The van der Waals surface area contributed by atoms with E-state index in [2.05, 4.69) is 36.1 Å². The Morgan fingerprint density at radius 2 is 1.71 bits per heavy atom. The van der Waals surface area contributed by atoms with E-state index in [4.69, 9.17) is 0 Å². The second kappa shape index (κ2) is 5.95. The third kappa shape index (κ3) is 3.04. The molecule has 0 amide bonds. The lowest BCUT2D eigenvalue weighted by Crippen LogP contribution is -2.47. The number of hydrogen-bond donors (Lipinski definition) is 1. The predicted molar refractivity (Wildman–Crippen MR) is 85.0 cm³/mol. The maximum atomic E-state index is 4.54. The van der Waals surface area contributed by atoms with Crippen molar-refractivity contribution in [3.05, 3.63) is 36.3 Å². The van der Waals surface area contributed by atoms with Gasteiger partial charge in [0.25, 0.3) is 0 Å². The van der Waals surface area contributed by atoms with E-state index < -0.39 is 0 Å².